The van der Waals surface area contributed by atoms with Crippen LogP contribution in [0.4, 0.5) is 5.69 Å². The number of aromatic nitrogens is 2. The number of anilines is 1. The lowest BCUT2D eigenvalue weighted by atomic mass is 10.2. The van der Waals surface area contributed by atoms with Crippen LogP contribution in [0, 0.1) is 6.92 Å². The fraction of sp³-hybridized carbons (Fsp3) is 0.0909. The molecule has 0 saturated heterocycles. The quantitative estimate of drug-likeness (QED) is 0.813. The molecule has 0 atom stereocenters. The monoisotopic (exact) mass is 235 g/mol. The highest BCUT2D eigenvalue weighted by Crippen LogP contribution is 2.31. The minimum Gasteiger partial charge on any atom is -0.435 e. The Morgan fingerprint density at radius 3 is 2.94 bits per heavy atom. The summed E-state index contributed by atoms with van der Waals surface area (Å²) in [6.07, 6.45) is 2.84. The van der Waals surface area contributed by atoms with Gasteiger partial charge in [0.1, 0.15) is 11.3 Å². The van der Waals surface area contributed by atoms with E-state index < -0.39 is 0 Å². The molecule has 2 aromatic rings. The fourth-order valence-corrected chi connectivity index (χ4v) is 1.37. The smallest absolute Gasteiger partial charge is 0.241 e. The Balaban J connectivity index is 2.35. The van der Waals surface area contributed by atoms with Crippen LogP contribution in [-0.4, -0.2) is 9.97 Å². The van der Waals surface area contributed by atoms with Crippen LogP contribution in [-0.2, 0) is 0 Å². The van der Waals surface area contributed by atoms with Gasteiger partial charge in [-0.15, -0.1) is 0 Å². The number of nitrogens with two attached hydrogens (primary N) is 1. The van der Waals surface area contributed by atoms with E-state index in [0.29, 0.717) is 22.3 Å². The zero-order valence-corrected chi connectivity index (χ0v) is 9.40. The van der Waals surface area contributed by atoms with Gasteiger partial charge in [-0.2, -0.15) is 0 Å². The van der Waals surface area contributed by atoms with Crippen molar-refractivity contribution in [3.8, 4) is 11.6 Å². The van der Waals surface area contributed by atoms with Crippen molar-refractivity contribution in [3.05, 3.63) is 41.3 Å². The summed E-state index contributed by atoms with van der Waals surface area (Å²) in [5, 5.41) is 0.350. The van der Waals surface area contributed by atoms with Crippen molar-refractivity contribution in [2.45, 2.75) is 6.92 Å². The lowest BCUT2D eigenvalue weighted by Crippen LogP contribution is -1.96. The molecule has 0 aliphatic carbocycles. The first-order valence-corrected chi connectivity index (χ1v) is 5.04. The summed E-state index contributed by atoms with van der Waals surface area (Å²) in [5.41, 5.74) is 7.40. The molecule has 0 bridgehead atoms. The van der Waals surface area contributed by atoms with Gasteiger partial charge in [-0.05, 0) is 18.6 Å². The van der Waals surface area contributed by atoms with Gasteiger partial charge in [-0.25, -0.2) is 9.97 Å². The van der Waals surface area contributed by atoms with Gasteiger partial charge >= 0.3 is 0 Å². The van der Waals surface area contributed by atoms with Crippen molar-refractivity contribution in [3.63, 3.8) is 0 Å². The van der Waals surface area contributed by atoms with Crippen molar-refractivity contribution in [1.29, 1.82) is 0 Å². The van der Waals surface area contributed by atoms with Gasteiger partial charge in [0, 0.05) is 0 Å². The minimum absolute atomic E-state index is 0.300. The normalized spacial score (nSPS) is 10.1. The lowest BCUT2D eigenvalue weighted by Gasteiger charge is -2.09. The molecule has 0 unspecified atom stereocenters. The topological polar surface area (TPSA) is 61.0 Å². The summed E-state index contributed by atoms with van der Waals surface area (Å²) in [6, 6.07) is 5.53. The Morgan fingerprint density at radius 1 is 1.38 bits per heavy atom. The van der Waals surface area contributed by atoms with Crippen molar-refractivity contribution >= 4 is 17.3 Å². The number of nitrogen functional groups attached to an aromatic ring is 1. The molecule has 0 radical (unpaired) electrons. The summed E-state index contributed by atoms with van der Waals surface area (Å²) >= 11 is 5.88. The number of rotatable bonds is 2. The van der Waals surface area contributed by atoms with E-state index in [1.54, 1.807) is 6.07 Å². The van der Waals surface area contributed by atoms with Crippen molar-refractivity contribution < 1.29 is 4.74 Å². The van der Waals surface area contributed by atoms with Gasteiger partial charge in [0.05, 0.1) is 11.9 Å². The van der Waals surface area contributed by atoms with E-state index in [4.69, 9.17) is 22.1 Å². The predicted molar refractivity (Wildman–Crippen MR) is 62.7 cm³/mol. The van der Waals surface area contributed by atoms with E-state index in [1.165, 1.54) is 12.5 Å². The first-order chi connectivity index (χ1) is 7.68. The van der Waals surface area contributed by atoms with Crippen LogP contribution >= 0.6 is 11.6 Å². The SMILES string of the molecule is Cc1cccc(Oc2ncncc2Cl)c1N. The van der Waals surface area contributed by atoms with E-state index in [0.717, 1.165) is 5.56 Å². The van der Waals surface area contributed by atoms with Crippen LogP contribution in [0.3, 0.4) is 0 Å². The molecule has 2 N–H and O–H groups in total. The van der Waals surface area contributed by atoms with Crippen LogP contribution in [0.25, 0.3) is 0 Å². The van der Waals surface area contributed by atoms with Gasteiger partial charge in [0.2, 0.25) is 5.88 Å². The first-order valence-electron chi connectivity index (χ1n) is 4.67. The third-order valence-electron chi connectivity index (χ3n) is 2.12. The van der Waals surface area contributed by atoms with E-state index in [2.05, 4.69) is 9.97 Å². The van der Waals surface area contributed by atoms with E-state index in [1.807, 2.05) is 19.1 Å². The molecule has 0 amide bonds. The van der Waals surface area contributed by atoms with Crippen LogP contribution in [0.1, 0.15) is 5.56 Å². The number of para-hydroxylation sites is 1. The van der Waals surface area contributed by atoms with E-state index in [9.17, 15) is 0 Å². The highest BCUT2D eigenvalue weighted by Gasteiger charge is 2.07. The third-order valence-corrected chi connectivity index (χ3v) is 2.38. The molecular formula is C11H10ClN3O. The molecule has 0 saturated carbocycles. The van der Waals surface area contributed by atoms with Gasteiger partial charge in [-0.1, -0.05) is 23.7 Å². The average molecular weight is 236 g/mol. The second kappa shape index (κ2) is 4.37. The summed E-state index contributed by atoms with van der Waals surface area (Å²) in [5.74, 6) is 0.842. The van der Waals surface area contributed by atoms with Gasteiger partial charge in [-0.3, -0.25) is 0 Å². The summed E-state index contributed by atoms with van der Waals surface area (Å²) in [4.78, 5) is 7.70. The summed E-state index contributed by atoms with van der Waals surface area (Å²) in [6.45, 7) is 1.91. The lowest BCUT2D eigenvalue weighted by molar-refractivity contribution is 0.463. The zero-order chi connectivity index (χ0) is 11.5. The maximum absolute atomic E-state index is 5.88. The second-order valence-corrected chi connectivity index (χ2v) is 3.67. The number of hydrogen-bond acceptors (Lipinski definition) is 4. The molecule has 4 nitrogen and oxygen atoms in total. The third kappa shape index (κ3) is 2.06. The Morgan fingerprint density at radius 2 is 2.19 bits per heavy atom. The number of ether oxygens (including phenoxy) is 1. The maximum atomic E-state index is 5.88. The average Bonchev–Trinajstić information content (AvgIpc) is 2.28. The Labute approximate surface area is 98.0 Å². The summed E-state index contributed by atoms with van der Waals surface area (Å²) in [7, 11) is 0. The molecule has 0 fully saturated rings. The number of hydrogen-bond donors (Lipinski definition) is 1. The number of benzene rings is 1. The molecule has 0 spiro atoms. The number of aryl methyl sites for hydroxylation is 1. The molecular weight excluding hydrogens is 226 g/mol. The van der Waals surface area contributed by atoms with Crippen LogP contribution in [0.5, 0.6) is 11.6 Å². The fourth-order valence-electron chi connectivity index (χ4n) is 1.22. The van der Waals surface area contributed by atoms with Crippen molar-refractivity contribution in [2.75, 3.05) is 5.73 Å². The van der Waals surface area contributed by atoms with E-state index in [-0.39, 0.29) is 0 Å². The molecule has 1 heterocycles. The molecule has 1 aromatic heterocycles. The summed E-state index contributed by atoms with van der Waals surface area (Å²) < 4.78 is 5.51. The molecule has 2 rings (SSSR count). The highest BCUT2D eigenvalue weighted by atomic mass is 35.5. The Kier molecular flexibility index (Phi) is 2.92. The van der Waals surface area contributed by atoms with Crippen LogP contribution in [0.2, 0.25) is 5.02 Å². The van der Waals surface area contributed by atoms with E-state index >= 15 is 0 Å². The number of halogens is 1. The maximum Gasteiger partial charge on any atom is 0.241 e. The Bertz CT molecular complexity index is 516. The molecule has 1 aromatic carbocycles. The highest BCUT2D eigenvalue weighted by molar-refractivity contribution is 6.31. The minimum atomic E-state index is 0.300. The molecule has 16 heavy (non-hydrogen) atoms. The second-order valence-electron chi connectivity index (χ2n) is 3.26. The number of nitrogens with zero attached hydrogens (tertiary/aromatic N) is 2. The zero-order valence-electron chi connectivity index (χ0n) is 8.64. The first kappa shape index (κ1) is 10.7. The van der Waals surface area contributed by atoms with Crippen molar-refractivity contribution in [1.82, 2.24) is 9.97 Å². The molecule has 0 aliphatic rings. The van der Waals surface area contributed by atoms with Crippen LogP contribution in [0.15, 0.2) is 30.7 Å². The molecule has 5 heteroatoms. The Hall–Kier alpha value is -1.81. The van der Waals surface area contributed by atoms with Crippen LogP contribution < -0.4 is 10.5 Å². The standard InChI is InChI=1S/C11H10ClN3O/c1-7-3-2-4-9(10(7)13)16-11-8(12)5-14-6-15-11/h2-6H,13H2,1H3. The largest absolute Gasteiger partial charge is 0.435 e. The van der Waals surface area contributed by atoms with Gasteiger partial charge in [0.15, 0.2) is 5.75 Å². The molecule has 82 valence electrons. The van der Waals surface area contributed by atoms with Gasteiger partial charge in [0.25, 0.3) is 0 Å². The van der Waals surface area contributed by atoms with Crippen molar-refractivity contribution in [2.24, 2.45) is 0 Å². The van der Waals surface area contributed by atoms with Gasteiger partial charge < -0.3 is 10.5 Å². The predicted octanol–water partition coefficient (Wildman–Crippen LogP) is 2.81. The molecule has 0 aliphatic heterocycles.